The van der Waals surface area contributed by atoms with Crippen LogP contribution in [0, 0.1) is 5.82 Å². The number of primary amides is 1. The molecule has 0 aliphatic rings. The summed E-state index contributed by atoms with van der Waals surface area (Å²) in [7, 11) is 0. The van der Waals surface area contributed by atoms with Gasteiger partial charge in [-0.15, -0.1) is 0 Å². The van der Waals surface area contributed by atoms with Crippen molar-refractivity contribution in [1.82, 2.24) is 4.98 Å². The van der Waals surface area contributed by atoms with Crippen LogP contribution in [0.5, 0.6) is 11.5 Å². The van der Waals surface area contributed by atoms with E-state index in [0.29, 0.717) is 22.6 Å². The Hall–Kier alpha value is -3.00. The zero-order valence-corrected chi connectivity index (χ0v) is 15.2. The summed E-state index contributed by atoms with van der Waals surface area (Å²) in [5.41, 5.74) is 6.55. The quantitative estimate of drug-likeness (QED) is 0.585. The first kappa shape index (κ1) is 19.8. The molecule has 0 radical (unpaired) electrons. The van der Waals surface area contributed by atoms with E-state index in [9.17, 15) is 14.3 Å². The number of nitrogens with zero attached hydrogens (tertiary/aromatic N) is 1. The maximum absolute atomic E-state index is 13.8. The lowest BCUT2D eigenvalue weighted by Gasteiger charge is -2.12. The Labute approximate surface area is 165 Å². The van der Waals surface area contributed by atoms with Crippen LogP contribution in [-0.2, 0) is 0 Å². The normalized spacial score (nSPS) is 11.9. The number of carbonyl (C=O) groups excluding carboxylic acids is 1. The molecule has 0 saturated carbocycles. The molecule has 1 atom stereocenters. The van der Waals surface area contributed by atoms with Crippen LogP contribution >= 0.6 is 11.6 Å². The number of nitrogens with two attached hydrogens (primary N) is 1. The molecule has 2 aromatic carbocycles. The van der Waals surface area contributed by atoms with Crippen molar-refractivity contribution < 1.29 is 24.1 Å². The second kappa shape index (κ2) is 8.35. The molecular formula is C20H16ClFN2O4. The fraction of sp³-hybridized carbons (Fsp3) is 0.100. The number of aliphatic hydroxyl groups excluding tert-OH is 2. The molecule has 1 heterocycles. The number of rotatable bonds is 6. The van der Waals surface area contributed by atoms with Gasteiger partial charge < -0.3 is 20.7 Å². The molecule has 0 saturated heterocycles. The Bertz CT molecular complexity index is 1010. The molecule has 0 fully saturated rings. The highest BCUT2D eigenvalue weighted by Crippen LogP contribution is 2.29. The fourth-order valence-electron chi connectivity index (χ4n) is 2.50. The third kappa shape index (κ3) is 4.45. The molecule has 1 amide bonds. The minimum atomic E-state index is -1.17. The average molecular weight is 403 g/mol. The van der Waals surface area contributed by atoms with E-state index in [0.717, 1.165) is 6.07 Å². The zero-order valence-electron chi connectivity index (χ0n) is 14.5. The smallest absolute Gasteiger partial charge is 0.267 e. The van der Waals surface area contributed by atoms with Gasteiger partial charge in [-0.3, -0.25) is 4.79 Å². The van der Waals surface area contributed by atoms with Crippen LogP contribution in [0.25, 0.3) is 11.3 Å². The number of aliphatic hydroxyl groups is 2. The minimum Gasteiger partial charge on any atom is -0.454 e. The fourth-order valence-corrected chi connectivity index (χ4v) is 2.66. The van der Waals surface area contributed by atoms with Crippen molar-refractivity contribution in [3.63, 3.8) is 0 Å². The van der Waals surface area contributed by atoms with Gasteiger partial charge in [-0.1, -0.05) is 11.6 Å². The molecule has 28 heavy (non-hydrogen) atoms. The van der Waals surface area contributed by atoms with Crippen LogP contribution in [0.3, 0.4) is 0 Å². The van der Waals surface area contributed by atoms with Crippen molar-refractivity contribution in [3.8, 4) is 22.8 Å². The number of halogens is 2. The molecule has 144 valence electrons. The Morgan fingerprint density at radius 1 is 1.18 bits per heavy atom. The predicted octanol–water partition coefficient (Wildman–Crippen LogP) is 3.46. The van der Waals surface area contributed by atoms with Crippen molar-refractivity contribution in [1.29, 1.82) is 0 Å². The highest BCUT2D eigenvalue weighted by Gasteiger charge is 2.14. The van der Waals surface area contributed by atoms with Gasteiger partial charge in [-0.25, -0.2) is 9.37 Å². The maximum atomic E-state index is 13.8. The minimum absolute atomic E-state index is 0.0272. The van der Waals surface area contributed by atoms with Gasteiger partial charge >= 0.3 is 0 Å². The summed E-state index contributed by atoms with van der Waals surface area (Å²) in [6, 6.07) is 13.5. The number of benzene rings is 2. The number of ether oxygens (including phenoxy) is 1. The summed E-state index contributed by atoms with van der Waals surface area (Å²) < 4.78 is 19.3. The Kier molecular flexibility index (Phi) is 5.89. The van der Waals surface area contributed by atoms with E-state index >= 15 is 0 Å². The van der Waals surface area contributed by atoms with E-state index in [1.54, 1.807) is 30.3 Å². The summed E-state index contributed by atoms with van der Waals surface area (Å²) in [4.78, 5) is 15.7. The summed E-state index contributed by atoms with van der Waals surface area (Å²) in [5.74, 6) is -0.938. The SMILES string of the molecule is NC(=O)c1cc([C@H](O)CO)cc(-c2ccc(Oc3ccc(Cl)cc3F)cc2)n1. The molecular weight excluding hydrogens is 387 g/mol. The van der Waals surface area contributed by atoms with E-state index in [2.05, 4.69) is 4.98 Å². The third-order valence-corrected chi connectivity index (χ3v) is 4.16. The summed E-state index contributed by atoms with van der Waals surface area (Å²) in [6.45, 7) is -0.513. The number of amides is 1. The van der Waals surface area contributed by atoms with Gasteiger partial charge in [-0.2, -0.15) is 0 Å². The summed E-state index contributed by atoms with van der Waals surface area (Å²) in [5, 5.41) is 19.3. The Morgan fingerprint density at radius 2 is 1.89 bits per heavy atom. The molecule has 0 bridgehead atoms. The second-order valence-electron chi connectivity index (χ2n) is 5.93. The molecule has 3 rings (SSSR count). The first-order valence-electron chi connectivity index (χ1n) is 8.21. The zero-order chi connectivity index (χ0) is 20.3. The lowest BCUT2D eigenvalue weighted by atomic mass is 10.0. The molecule has 3 aromatic rings. The van der Waals surface area contributed by atoms with Crippen molar-refractivity contribution in [2.24, 2.45) is 5.73 Å². The van der Waals surface area contributed by atoms with Gasteiger partial charge in [0.2, 0.25) is 0 Å². The number of pyridine rings is 1. The van der Waals surface area contributed by atoms with Crippen LogP contribution in [0.4, 0.5) is 4.39 Å². The molecule has 0 unspecified atom stereocenters. The van der Waals surface area contributed by atoms with Crippen LogP contribution in [0.1, 0.15) is 22.2 Å². The topological polar surface area (TPSA) is 106 Å². The molecule has 0 aliphatic heterocycles. The van der Waals surface area contributed by atoms with Gasteiger partial charge in [0.1, 0.15) is 17.5 Å². The van der Waals surface area contributed by atoms with Crippen LogP contribution in [0.2, 0.25) is 5.02 Å². The number of carbonyl (C=O) groups is 1. The lowest BCUT2D eigenvalue weighted by Crippen LogP contribution is -2.15. The van der Waals surface area contributed by atoms with Gasteiger partial charge in [-0.05, 0) is 60.2 Å². The largest absolute Gasteiger partial charge is 0.454 e. The first-order chi connectivity index (χ1) is 13.4. The van der Waals surface area contributed by atoms with Crippen LogP contribution in [0.15, 0.2) is 54.6 Å². The van der Waals surface area contributed by atoms with Crippen molar-refractivity contribution >= 4 is 17.5 Å². The molecule has 4 N–H and O–H groups in total. The van der Waals surface area contributed by atoms with Crippen LogP contribution in [-0.4, -0.2) is 27.7 Å². The molecule has 0 spiro atoms. The predicted molar refractivity (Wildman–Crippen MR) is 102 cm³/mol. The van der Waals surface area contributed by atoms with Gasteiger partial charge in [0.15, 0.2) is 11.6 Å². The van der Waals surface area contributed by atoms with E-state index < -0.39 is 24.4 Å². The standard InChI is InChI=1S/C20H16ClFN2O4/c21-13-3-6-19(15(22)9-13)28-14-4-1-11(2-5-14)16-7-12(18(26)10-25)8-17(24-16)20(23)27/h1-9,18,25-26H,10H2,(H2,23,27)/t18-/m1/s1. The summed E-state index contributed by atoms with van der Waals surface area (Å²) >= 11 is 5.72. The van der Waals surface area contributed by atoms with E-state index in [1.165, 1.54) is 18.2 Å². The number of aromatic nitrogens is 1. The van der Waals surface area contributed by atoms with Gasteiger partial charge in [0.25, 0.3) is 5.91 Å². The maximum Gasteiger partial charge on any atom is 0.267 e. The van der Waals surface area contributed by atoms with Crippen molar-refractivity contribution in [3.05, 3.63) is 76.7 Å². The van der Waals surface area contributed by atoms with Gasteiger partial charge in [0.05, 0.1) is 12.3 Å². The van der Waals surface area contributed by atoms with E-state index in [-0.39, 0.29) is 16.5 Å². The highest BCUT2D eigenvalue weighted by atomic mass is 35.5. The highest BCUT2D eigenvalue weighted by molar-refractivity contribution is 6.30. The Balaban J connectivity index is 1.90. The van der Waals surface area contributed by atoms with Gasteiger partial charge in [0, 0.05) is 10.6 Å². The number of hydrogen-bond donors (Lipinski definition) is 3. The molecule has 6 nitrogen and oxygen atoms in total. The lowest BCUT2D eigenvalue weighted by molar-refractivity contribution is 0.0948. The van der Waals surface area contributed by atoms with E-state index in [4.69, 9.17) is 27.2 Å². The van der Waals surface area contributed by atoms with E-state index in [1.807, 2.05) is 0 Å². The molecule has 0 aliphatic carbocycles. The van der Waals surface area contributed by atoms with Crippen LogP contribution < -0.4 is 10.5 Å². The summed E-state index contributed by atoms with van der Waals surface area (Å²) in [6.07, 6.45) is -1.17. The monoisotopic (exact) mass is 402 g/mol. The Morgan fingerprint density at radius 3 is 2.50 bits per heavy atom. The molecule has 8 heteroatoms. The van der Waals surface area contributed by atoms with Crippen molar-refractivity contribution in [2.45, 2.75) is 6.10 Å². The third-order valence-electron chi connectivity index (χ3n) is 3.93. The first-order valence-corrected chi connectivity index (χ1v) is 8.59. The van der Waals surface area contributed by atoms with Crippen molar-refractivity contribution in [2.75, 3.05) is 6.61 Å². The second-order valence-corrected chi connectivity index (χ2v) is 6.37. The molecule has 1 aromatic heterocycles. The number of hydrogen-bond acceptors (Lipinski definition) is 5. The average Bonchev–Trinajstić information content (AvgIpc) is 2.69.